The summed E-state index contributed by atoms with van der Waals surface area (Å²) in [6, 6.07) is 14.1. The van der Waals surface area contributed by atoms with Crippen LogP contribution in [0.5, 0.6) is 0 Å². The Kier molecular flexibility index (Phi) is 3.53. The average molecular weight is 362 g/mol. The molecule has 27 heavy (non-hydrogen) atoms. The number of aromatic nitrogens is 1. The van der Waals surface area contributed by atoms with E-state index in [9.17, 15) is 14.4 Å². The van der Waals surface area contributed by atoms with E-state index in [4.69, 9.17) is 4.42 Å². The fourth-order valence-electron chi connectivity index (χ4n) is 4.46. The van der Waals surface area contributed by atoms with Gasteiger partial charge in [-0.2, -0.15) is 0 Å². The predicted octanol–water partition coefficient (Wildman–Crippen LogP) is 2.21. The Morgan fingerprint density at radius 3 is 2.74 bits per heavy atom. The maximum Gasteiger partial charge on any atom is 0.344 e. The van der Waals surface area contributed by atoms with Gasteiger partial charge in [0.2, 0.25) is 0 Å². The van der Waals surface area contributed by atoms with Crippen LogP contribution >= 0.6 is 0 Å². The second-order valence-electron chi connectivity index (χ2n) is 7.39. The molecule has 3 aromatic rings. The van der Waals surface area contributed by atoms with Crippen molar-refractivity contribution in [2.24, 2.45) is 5.92 Å². The number of carbonyl (C=O) groups is 1. The van der Waals surface area contributed by atoms with Crippen LogP contribution in [0.4, 0.5) is 0 Å². The van der Waals surface area contributed by atoms with Gasteiger partial charge in [-0.05, 0) is 35.9 Å². The van der Waals surface area contributed by atoms with Gasteiger partial charge in [-0.25, -0.2) is 4.79 Å². The minimum atomic E-state index is -0.495. The molecule has 0 saturated carbocycles. The summed E-state index contributed by atoms with van der Waals surface area (Å²) in [4.78, 5) is 39.1. The lowest BCUT2D eigenvalue weighted by molar-refractivity contribution is 0.0560. The number of pyridine rings is 1. The lowest BCUT2D eigenvalue weighted by Gasteiger charge is -2.42. The second kappa shape index (κ2) is 5.94. The SMILES string of the molecule is O=C(c1cc2ccccc2c(=O)o1)N1CC2CC(C1)c1cccc(=O)n1C2. The van der Waals surface area contributed by atoms with Crippen LogP contribution < -0.4 is 11.2 Å². The molecule has 2 atom stereocenters. The van der Waals surface area contributed by atoms with Gasteiger partial charge in [0.25, 0.3) is 11.5 Å². The van der Waals surface area contributed by atoms with Crippen LogP contribution in [0, 0.1) is 5.92 Å². The van der Waals surface area contributed by atoms with Crippen molar-refractivity contribution in [3.63, 3.8) is 0 Å². The van der Waals surface area contributed by atoms with Crippen LogP contribution in [0.2, 0.25) is 0 Å². The van der Waals surface area contributed by atoms with Crippen molar-refractivity contribution in [3.05, 3.63) is 80.8 Å². The zero-order valence-corrected chi connectivity index (χ0v) is 14.6. The summed E-state index contributed by atoms with van der Waals surface area (Å²) in [5, 5.41) is 1.17. The monoisotopic (exact) mass is 362 g/mol. The van der Waals surface area contributed by atoms with Gasteiger partial charge >= 0.3 is 5.63 Å². The molecule has 4 heterocycles. The van der Waals surface area contributed by atoms with Gasteiger partial charge in [-0.1, -0.05) is 24.3 Å². The Balaban J connectivity index is 1.49. The molecule has 2 bridgehead atoms. The smallest absolute Gasteiger partial charge is 0.344 e. The Bertz CT molecular complexity index is 1180. The minimum absolute atomic E-state index is 0.0162. The first kappa shape index (κ1) is 16.1. The third-order valence-corrected chi connectivity index (χ3v) is 5.65. The quantitative estimate of drug-likeness (QED) is 0.665. The number of benzene rings is 1. The Morgan fingerprint density at radius 2 is 1.85 bits per heavy atom. The van der Waals surface area contributed by atoms with E-state index >= 15 is 0 Å². The Labute approximate surface area is 154 Å². The van der Waals surface area contributed by atoms with Gasteiger partial charge in [0.1, 0.15) is 0 Å². The molecular formula is C21H18N2O4. The molecule has 0 spiro atoms. The first-order chi connectivity index (χ1) is 13.1. The maximum absolute atomic E-state index is 13.0. The van der Waals surface area contributed by atoms with Gasteiger partial charge < -0.3 is 13.9 Å². The summed E-state index contributed by atoms with van der Waals surface area (Å²) in [6.45, 7) is 1.71. The summed E-state index contributed by atoms with van der Waals surface area (Å²) < 4.78 is 7.14. The molecular weight excluding hydrogens is 344 g/mol. The number of hydrogen-bond donors (Lipinski definition) is 0. The van der Waals surface area contributed by atoms with E-state index in [0.29, 0.717) is 30.4 Å². The molecule has 6 heteroatoms. The molecule has 2 unspecified atom stereocenters. The van der Waals surface area contributed by atoms with Crippen LogP contribution in [0.15, 0.2) is 62.5 Å². The maximum atomic E-state index is 13.0. The first-order valence-corrected chi connectivity index (χ1v) is 9.12. The van der Waals surface area contributed by atoms with Gasteiger partial charge in [0.15, 0.2) is 5.76 Å². The second-order valence-corrected chi connectivity index (χ2v) is 7.39. The Morgan fingerprint density at radius 1 is 1.00 bits per heavy atom. The van der Waals surface area contributed by atoms with Crippen LogP contribution in [-0.4, -0.2) is 28.5 Å². The molecule has 0 N–H and O–H groups in total. The summed E-state index contributed by atoms with van der Waals surface area (Å²) in [6.07, 6.45) is 0.967. The van der Waals surface area contributed by atoms with Crippen LogP contribution in [0.25, 0.3) is 10.8 Å². The summed E-state index contributed by atoms with van der Waals surface area (Å²) >= 11 is 0. The zero-order chi connectivity index (χ0) is 18.5. The number of nitrogens with zero attached hydrogens (tertiary/aromatic N) is 2. The van der Waals surface area contributed by atoms with Gasteiger partial charge in [-0.3, -0.25) is 9.59 Å². The Hall–Kier alpha value is -3.15. The average Bonchev–Trinajstić information content (AvgIpc) is 2.68. The van der Waals surface area contributed by atoms with E-state index in [1.54, 1.807) is 41.3 Å². The van der Waals surface area contributed by atoms with Crippen molar-refractivity contribution < 1.29 is 9.21 Å². The highest BCUT2D eigenvalue weighted by atomic mass is 16.4. The number of fused-ring (bicyclic) bond motifs is 5. The standard InChI is InChI=1S/C21H18N2O4/c24-19-7-3-6-17-15-8-13(11-23(17)19)10-22(12-15)20(25)18-9-14-4-1-2-5-16(14)21(26)27-18/h1-7,9,13,15H,8,10-12H2. The van der Waals surface area contributed by atoms with Crippen LogP contribution in [-0.2, 0) is 6.54 Å². The molecule has 1 aromatic carbocycles. The number of amides is 1. The molecule has 1 fully saturated rings. The van der Waals surface area contributed by atoms with Crippen molar-refractivity contribution in [2.45, 2.75) is 18.9 Å². The molecule has 2 aliphatic heterocycles. The third-order valence-electron chi connectivity index (χ3n) is 5.65. The summed E-state index contributed by atoms with van der Waals surface area (Å²) in [5.41, 5.74) is 0.504. The molecule has 2 aromatic heterocycles. The van der Waals surface area contributed by atoms with E-state index in [1.165, 1.54) is 0 Å². The van der Waals surface area contributed by atoms with E-state index in [-0.39, 0.29) is 29.1 Å². The van der Waals surface area contributed by atoms with E-state index in [0.717, 1.165) is 12.1 Å². The molecule has 0 aliphatic carbocycles. The van der Waals surface area contributed by atoms with Gasteiger partial charge in [0, 0.05) is 37.3 Å². The van der Waals surface area contributed by atoms with Crippen molar-refractivity contribution in [2.75, 3.05) is 13.1 Å². The minimum Gasteiger partial charge on any atom is -0.417 e. The van der Waals surface area contributed by atoms with Crippen molar-refractivity contribution in [1.29, 1.82) is 0 Å². The molecule has 0 radical (unpaired) electrons. The molecule has 6 nitrogen and oxygen atoms in total. The molecule has 1 amide bonds. The van der Waals surface area contributed by atoms with E-state index in [1.807, 2.05) is 16.7 Å². The van der Waals surface area contributed by atoms with Gasteiger partial charge in [0.05, 0.1) is 5.39 Å². The molecule has 5 rings (SSSR count). The zero-order valence-electron chi connectivity index (χ0n) is 14.6. The lowest BCUT2D eigenvalue weighted by atomic mass is 9.83. The lowest BCUT2D eigenvalue weighted by Crippen LogP contribution is -2.49. The normalized spacial score (nSPS) is 21.1. The summed E-state index contributed by atoms with van der Waals surface area (Å²) in [7, 11) is 0. The molecule has 136 valence electrons. The molecule has 1 saturated heterocycles. The highest BCUT2D eigenvalue weighted by Gasteiger charge is 2.37. The number of piperidine rings is 1. The topological polar surface area (TPSA) is 72.5 Å². The van der Waals surface area contributed by atoms with E-state index < -0.39 is 5.63 Å². The summed E-state index contributed by atoms with van der Waals surface area (Å²) in [5.74, 6) is 0.165. The highest BCUT2D eigenvalue weighted by Crippen LogP contribution is 2.35. The highest BCUT2D eigenvalue weighted by molar-refractivity contribution is 5.95. The van der Waals surface area contributed by atoms with Crippen LogP contribution in [0.3, 0.4) is 0 Å². The van der Waals surface area contributed by atoms with Crippen molar-refractivity contribution in [1.82, 2.24) is 9.47 Å². The van der Waals surface area contributed by atoms with Gasteiger partial charge in [-0.15, -0.1) is 0 Å². The molecule has 2 aliphatic rings. The number of rotatable bonds is 1. The first-order valence-electron chi connectivity index (χ1n) is 9.12. The van der Waals surface area contributed by atoms with Crippen LogP contribution in [0.1, 0.15) is 28.6 Å². The third kappa shape index (κ3) is 2.60. The largest absolute Gasteiger partial charge is 0.417 e. The van der Waals surface area contributed by atoms with Crippen molar-refractivity contribution >= 4 is 16.7 Å². The fourth-order valence-corrected chi connectivity index (χ4v) is 4.46. The van der Waals surface area contributed by atoms with Crippen molar-refractivity contribution in [3.8, 4) is 0 Å². The predicted molar refractivity (Wildman–Crippen MR) is 99.9 cm³/mol. The fraction of sp³-hybridized carbons (Fsp3) is 0.286. The number of hydrogen-bond acceptors (Lipinski definition) is 4. The number of likely N-dealkylation sites (tertiary alicyclic amines) is 1. The van der Waals surface area contributed by atoms with E-state index in [2.05, 4.69) is 0 Å². The number of carbonyl (C=O) groups excluding carboxylic acids is 1.